The van der Waals surface area contributed by atoms with Crippen molar-refractivity contribution in [2.24, 2.45) is 0 Å². The molecule has 0 aromatic carbocycles. The highest BCUT2D eigenvalue weighted by Crippen LogP contribution is 2.34. The van der Waals surface area contributed by atoms with Gasteiger partial charge in [0.15, 0.2) is 0 Å². The Balaban J connectivity index is 0.000000540. The number of aromatic nitrogens is 7. The number of anilines is 4. The van der Waals surface area contributed by atoms with E-state index < -0.39 is 0 Å². The summed E-state index contributed by atoms with van der Waals surface area (Å²) in [6.45, 7) is 58.1. The predicted molar refractivity (Wildman–Crippen MR) is 424 cm³/mol. The predicted octanol–water partition coefficient (Wildman–Crippen LogP) is 23.7. The quantitative estimate of drug-likeness (QED) is 0.113. The highest BCUT2D eigenvalue weighted by atomic mass is 35.5. The molecular weight excluding hydrogens is 1310 g/mol. The first-order chi connectivity index (χ1) is 43.6. The van der Waals surface area contributed by atoms with Gasteiger partial charge in [0.2, 0.25) is 0 Å². The molecule has 0 saturated heterocycles. The molecule has 9 aromatic rings. The van der Waals surface area contributed by atoms with E-state index in [4.69, 9.17) is 69.3 Å². The van der Waals surface area contributed by atoms with Gasteiger partial charge in [-0.25, -0.2) is 19.9 Å². The number of nitrogens with zero attached hydrogens (tertiary/aromatic N) is 7. The Kier molecular flexibility index (Phi) is 35.0. The fraction of sp³-hybridized carbons (Fsp3) is 0.456. The summed E-state index contributed by atoms with van der Waals surface area (Å²) >= 11 is 26.5. The molecule has 8 N–H and O–H groups in total. The van der Waals surface area contributed by atoms with E-state index in [9.17, 15) is 0 Å². The average molecular weight is 1420 g/mol. The highest BCUT2D eigenvalue weighted by molar-refractivity contribution is 7.14. The molecule has 9 aromatic heterocycles. The van der Waals surface area contributed by atoms with Crippen LogP contribution in [0.25, 0.3) is 0 Å². The number of hydrogen-bond acceptors (Lipinski definition) is 13. The van der Waals surface area contributed by atoms with Crippen LogP contribution in [0.1, 0.15) is 237 Å². The van der Waals surface area contributed by atoms with Crippen LogP contribution < -0.4 is 22.9 Å². The fourth-order valence-corrected chi connectivity index (χ4v) is 10.2. The Labute approximate surface area is 607 Å². The number of hydrogen-bond donors (Lipinski definition) is 4. The van der Waals surface area contributed by atoms with Crippen LogP contribution in [-0.2, 0) is 48.7 Å². The van der Waals surface area contributed by atoms with Gasteiger partial charge in [-0.1, -0.05) is 258 Å². The monoisotopic (exact) mass is 1420 g/mol. The molecule has 0 saturated carbocycles. The van der Waals surface area contributed by atoms with Crippen LogP contribution in [0.15, 0.2) is 157 Å². The summed E-state index contributed by atoms with van der Waals surface area (Å²) in [7, 11) is 0. The Morgan fingerprint density at radius 2 is 0.833 bits per heavy atom. The molecule has 17 heteroatoms. The molecule has 0 bridgehead atoms. The third-order valence-electron chi connectivity index (χ3n) is 13.9. The van der Waals surface area contributed by atoms with E-state index in [1.54, 1.807) is 47.2 Å². The molecule has 0 amide bonds. The Hall–Kier alpha value is -6.19. The van der Waals surface area contributed by atoms with Gasteiger partial charge in [-0.3, -0.25) is 15.0 Å². The van der Waals surface area contributed by atoms with Crippen LogP contribution in [0, 0.1) is 0 Å². The zero-order valence-electron chi connectivity index (χ0n) is 62.8. The number of rotatable bonds is 0. The minimum atomic E-state index is 0.0265. The molecule has 9 rings (SSSR count). The lowest BCUT2D eigenvalue weighted by Crippen LogP contribution is -2.14. The van der Waals surface area contributed by atoms with E-state index in [0.29, 0.717) is 33.3 Å². The van der Waals surface area contributed by atoms with Gasteiger partial charge in [-0.15, -0.1) is 22.7 Å². The third-order valence-corrected chi connectivity index (χ3v) is 16.8. The Bertz CT molecular complexity index is 3450. The summed E-state index contributed by atoms with van der Waals surface area (Å²) in [5, 5.41) is 5.19. The van der Waals surface area contributed by atoms with Gasteiger partial charge in [-0.2, -0.15) is 0 Å². The molecular formula is C79H115Cl4N11S2. The number of thiophene rings is 2. The van der Waals surface area contributed by atoms with Gasteiger partial charge in [0, 0.05) is 76.7 Å². The molecule has 0 unspecified atom stereocenters. The lowest BCUT2D eigenvalue weighted by molar-refractivity contribution is 0.569. The van der Waals surface area contributed by atoms with E-state index in [1.807, 2.05) is 97.0 Å². The summed E-state index contributed by atoms with van der Waals surface area (Å²) < 4.78 is 1.80. The van der Waals surface area contributed by atoms with Gasteiger partial charge in [0.1, 0.15) is 23.3 Å². The summed E-state index contributed by atoms with van der Waals surface area (Å²) in [6.07, 6.45) is 12.8. The molecule has 0 fully saturated rings. The maximum Gasteiger partial charge on any atom is 0.142 e. The van der Waals surface area contributed by atoms with Gasteiger partial charge in [-0.05, 0) is 155 Å². The molecule has 96 heavy (non-hydrogen) atoms. The van der Waals surface area contributed by atoms with Crippen LogP contribution in [-0.4, -0.2) is 34.9 Å². The van der Waals surface area contributed by atoms with Crippen molar-refractivity contribution in [2.75, 3.05) is 22.9 Å². The van der Waals surface area contributed by atoms with E-state index in [-0.39, 0.29) is 48.7 Å². The van der Waals surface area contributed by atoms with E-state index in [2.05, 4.69) is 258 Å². The molecule has 0 aliphatic carbocycles. The maximum atomic E-state index is 5.94. The Morgan fingerprint density at radius 3 is 1.16 bits per heavy atom. The number of pyridine rings is 7. The van der Waals surface area contributed by atoms with Gasteiger partial charge in [0.05, 0.1) is 18.7 Å². The summed E-state index contributed by atoms with van der Waals surface area (Å²) in [5.74, 6) is 1.98. The van der Waals surface area contributed by atoms with Crippen molar-refractivity contribution in [3.05, 3.63) is 226 Å². The van der Waals surface area contributed by atoms with Gasteiger partial charge in [0.25, 0.3) is 0 Å². The van der Waals surface area contributed by atoms with E-state index >= 15 is 0 Å². The van der Waals surface area contributed by atoms with Crippen molar-refractivity contribution in [3.63, 3.8) is 0 Å². The minimum absolute atomic E-state index is 0.0265. The molecule has 9 heterocycles. The fourth-order valence-electron chi connectivity index (χ4n) is 7.46. The molecule has 0 atom stereocenters. The molecule has 11 nitrogen and oxygen atoms in total. The highest BCUT2D eigenvalue weighted by Gasteiger charge is 2.21. The van der Waals surface area contributed by atoms with Crippen molar-refractivity contribution in [1.82, 2.24) is 34.9 Å². The smallest absolute Gasteiger partial charge is 0.142 e. The van der Waals surface area contributed by atoms with Crippen molar-refractivity contribution in [1.29, 1.82) is 0 Å². The van der Waals surface area contributed by atoms with E-state index in [0.717, 1.165) is 31.3 Å². The molecule has 0 aliphatic heterocycles. The summed E-state index contributed by atoms with van der Waals surface area (Å²) in [5.41, 5.74) is 34.2. The first kappa shape index (κ1) is 87.8. The number of halogens is 4. The van der Waals surface area contributed by atoms with Crippen LogP contribution in [0.3, 0.4) is 0 Å². The van der Waals surface area contributed by atoms with Gasteiger partial charge >= 0.3 is 0 Å². The van der Waals surface area contributed by atoms with Crippen LogP contribution in [0.2, 0.25) is 18.7 Å². The second-order valence-electron chi connectivity index (χ2n) is 32.3. The zero-order chi connectivity index (χ0) is 74.1. The van der Waals surface area contributed by atoms with Crippen molar-refractivity contribution >= 4 is 92.3 Å². The lowest BCUT2D eigenvalue weighted by Gasteiger charge is -2.18. The standard InChI is InChI=1S/2C9H13ClN2.2C9H14N2.3C9H13N.2C8H11ClS/c1-9(2,3)6-4-7(10)8(11)12-5-6;1-9(2,3)7-5-4-6(10)8(11)12-7;1-9(2,3)7-4-5-8(10)11-6-7;1-9(2,3)7-5-4-6-8(10)11-7;1-9(2,3)8-4-6-10-7-5-8;1-9(2,3)8-5-4-6-10-7-8;1-9(2,3)8-6-4-5-7-10-8;1-8(2,3)6-4-7(9)10-5-6;1-8(2,3)6-4-5-10-7(6)9/h2*4-5H,1-3H3,(H2,11,12);2*4-6H,1-3H3,(H2,10,11);3*4-7H,1-3H3;2*4-5H,1-3H3. The second kappa shape index (κ2) is 38.2. The topological polar surface area (TPSA) is 194 Å². The molecule has 526 valence electrons. The average Bonchev–Trinajstić information content (AvgIpc) is 1.19. The number of nitrogen functional groups attached to an aromatic ring is 4. The van der Waals surface area contributed by atoms with Crippen LogP contribution in [0.4, 0.5) is 23.3 Å². The normalized spacial score (nSPS) is 11.7. The van der Waals surface area contributed by atoms with Crippen LogP contribution in [0.5, 0.6) is 0 Å². The molecule has 0 radical (unpaired) electrons. The first-order valence-corrected chi connectivity index (χ1v) is 35.4. The van der Waals surface area contributed by atoms with Gasteiger partial charge < -0.3 is 22.9 Å². The summed E-state index contributed by atoms with van der Waals surface area (Å²) in [4.78, 5) is 28.7. The summed E-state index contributed by atoms with van der Waals surface area (Å²) in [6, 6.07) is 33.5. The Morgan fingerprint density at radius 1 is 0.323 bits per heavy atom. The lowest BCUT2D eigenvalue weighted by atomic mass is 9.88. The SMILES string of the molecule is CC(C)(C)c1ccc(Cl)c(N)n1.CC(C)(C)c1ccc(N)nc1.CC(C)(C)c1cccc(N)n1.CC(C)(C)c1ccccn1.CC(C)(C)c1cccnc1.CC(C)(C)c1ccncc1.CC(C)(C)c1ccsc1Cl.CC(C)(C)c1cnc(N)c(Cl)c1.CC(C)(C)c1csc(Cl)c1. The van der Waals surface area contributed by atoms with Crippen molar-refractivity contribution in [3.8, 4) is 0 Å². The molecule has 0 aliphatic rings. The largest absolute Gasteiger partial charge is 0.384 e. The van der Waals surface area contributed by atoms with Crippen LogP contribution >= 0.6 is 69.1 Å². The molecule has 0 spiro atoms. The maximum absolute atomic E-state index is 5.94. The zero-order valence-corrected chi connectivity index (χ0v) is 67.4. The van der Waals surface area contributed by atoms with Crippen molar-refractivity contribution < 1.29 is 0 Å². The first-order valence-electron chi connectivity index (χ1n) is 32.1. The number of nitrogens with two attached hydrogens (primary N) is 4. The third kappa shape index (κ3) is 35.4. The minimum Gasteiger partial charge on any atom is -0.384 e. The van der Waals surface area contributed by atoms with E-state index in [1.165, 1.54) is 27.8 Å². The van der Waals surface area contributed by atoms with Crippen molar-refractivity contribution in [2.45, 2.75) is 236 Å². The second-order valence-corrected chi connectivity index (χ2v) is 36.1.